The predicted octanol–water partition coefficient (Wildman–Crippen LogP) is 2.79. The summed E-state index contributed by atoms with van der Waals surface area (Å²) >= 11 is 0. The molecule has 0 saturated carbocycles. The van der Waals surface area contributed by atoms with Crippen LogP contribution in [0.2, 0.25) is 0 Å². The number of hydrogen-bond acceptors (Lipinski definition) is 4. The fourth-order valence-corrected chi connectivity index (χ4v) is 3.07. The zero-order valence-corrected chi connectivity index (χ0v) is 12.9. The van der Waals surface area contributed by atoms with Crippen LogP contribution in [-0.2, 0) is 6.42 Å². The van der Waals surface area contributed by atoms with Crippen LogP contribution in [0.3, 0.4) is 0 Å². The fraction of sp³-hybridized carbons (Fsp3) is 0.625. The molecule has 2 rings (SSSR count). The van der Waals surface area contributed by atoms with E-state index in [1.807, 2.05) is 0 Å². The smallest absolute Gasteiger partial charge is 0.203 e. The summed E-state index contributed by atoms with van der Waals surface area (Å²) in [7, 11) is 4.95. The highest BCUT2D eigenvalue weighted by atomic mass is 16.5. The molecule has 0 aliphatic carbocycles. The highest BCUT2D eigenvalue weighted by molar-refractivity contribution is 5.54. The van der Waals surface area contributed by atoms with Crippen LogP contribution in [-0.4, -0.2) is 33.4 Å². The van der Waals surface area contributed by atoms with Crippen molar-refractivity contribution in [3.63, 3.8) is 0 Å². The van der Waals surface area contributed by atoms with E-state index in [-0.39, 0.29) is 5.54 Å². The van der Waals surface area contributed by atoms with Crippen molar-refractivity contribution in [1.29, 1.82) is 0 Å². The van der Waals surface area contributed by atoms with E-state index in [0.717, 1.165) is 30.9 Å². The molecule has 4 nitrogen and oxygen atoms in total. The SMILES string of the molecule is CCC1(Cc2cc(OC)c(OC)c(OC)c2)CCCN1. The molecule has 20 heavy (non-hydrogen) atoms. The molecule has 1 atom stereocenters. The largest absolute Gasteiger partial charge is 0.493 e. The Bertz CT molecular complexity index is 428. The van der Waals surface area contributed by atoms with Gasteiger partial charge in [-0.1, -0.05) is 6.92 Å². The monoisotopic (exact) mass is 279 g/mol. The second-order valence-electron chi connectivity index (χ2n) is 5.37. The van der Waals surface area contributed by atoms with Gasteiger partial charge in [-0.3, -0.25) is 0 Å². The Morgan fingerprint density at radius 1 is 1.10 bits per heavy atom. The van der Waals surface area contributed by atoms with Gasteiger partial charge in [-0.05, 0) is 49.9 Å². The number of methoxy groups -OCH3 is 3. The van der Waals surface area contributed by atoms with Gasteiger partial charge in [-0.2, -0.15) is 0 Å². The molecule has 0 bridgehead atoms. The maximum Gasteiger partial charge on any atom is 0.203 e. The third-order valence-electron chi connectivity index (χ3n) is 4.28. The van der Waals surface area contributed by atoms with Crippen molar-refractivity contribution in [3.05, 3.63) is 17.7 Å². The van der Waals surface area contributed by atoms with Crippen molar-refractivity contribution in [1.82, 2.24) is 5.32 Å². The molecular weight excluding hydrogens is 254 g/mol. The van der Waals surface area contributed by atoms with E-state index in [1.165, 1.54) is 18.4 Å². The third-order valence-corrected chi connectivity index (χ3v) is 4.28. The molecule has 1 N–H and O–H groups in total. The number of hydrogen-bond donors (Lipinski definition) is 1. The van der Waals surface area contributed by atoms with Crippen molar-refractivity contribution in [2.24, 2.45) is 0 Å². The molecule has 0 radical (unpaired) electrons. The van der Waals surface area contributed by atoms with Gasteiger partial charge in [0.2, 0.25) is 5.75 Å². The molecule has 1 aliphatic rings. The Morgan fingerprint density at radius 2 is 1.75 bits per heavy atom. The molecule has 1 fully saturated rings. The van der Waals surface area contributed by atoms with Crippen LogP contribution in [0.5, 0.6) is 17.2 Å². The minimum absolute atomic E-state index is 0.213. The van der Waals surface area contributed by atoms with Gasteiger partial charge in [0, 0.05) is 5.54 Å². The number of benzene rings is 1. The number of rotatable bonds is 6. The number of ether oxygens (including phenoxy) is 3. The quantitative estimate of drug-likeness (QED) is 0.869. The normalized spacial score (nSPS) is 21.8. The molecule has 0 spiro atoms. The number of nitrogens with one attached hydrogen (secondary N) is 1. The maximum atomic E-state index is 5.43. The molecule has 112 valence electrons. The lowest BCUT2D eigenvalue weighted by molar-refractivity contribution is 0.321. The van der Waals surface area contributed by atoms with Crippen LogP contribution < -0.4 is 19.5 Å². The Morgan fingerprint density at radius 3 is 2.15 bits per heavy atom. The molecule has 1 aromatic carbocycles. The van der Waals surface area contributed by atoms with Crippen LogP contribution >= 0.6 is 0 Å². The molecule has 4 heteroatoms. The van der Waals surface area contributed by atoms with Crippen molar-refractivity contribution in [2.75, 3.05) is 27.9 Å². The molecule has 1 unspecified atom stereocenters. The summed E-state index contributed by atoms with van der Waals surface area (Å²) in [6, 6.07) is 4.11. The predicted molar refractivity (Wildman–Crippen MR) is 80.1 cm³/mol. The van der Waals surface area contributed by atoms with E-state index in [4.69, 9.17) is 14.2 Å². The van der Waals surface area contributed by atoms with Crippen LogP contribution in [0.15, 0.2) is 12.1 Å². The van der Waals surface area contributed by atoms with Gasteiger partial charge in [0.05, 0.1) is 21.3 Å². The standard InChI is InChI=1S/C16H25NO3/c1-5-16(7-6-8-17-16)11-12-9-13(18-2)15(20-4)14(10-12)19-3/h9-10,17H,5-8,11H2,1-4H3. The molecule has 1 aliphatic heterocycles. The van der Waals surface area contributed by atoms with Crippen LogP contribution in [0.1, 0.15) is 31.7 Å². The van der Waals surface area contributed by atoms with E-state index in [9.17, 15) is 0 Å². The van der Waals surface area contributed by atoms with Gasteiger partial charge >= 0.3 is 0 Å². The van der Waals surface area contributed by atoms with Crippen molar-refractivity contribution in [3.8, 4) is 17.2 Å². The van der Waals surface area contributed by atoms with E-state index in [0.29, 0.717) is 5.75 Å². The van der Waals surface area contributed by atoms with Crippen molar-refractivity contribution in [2.45, 2.75) is 38.1 Å². The summed E-state index contributed by atoms with van der Waals surface area (Å²) in [5, 5.41) is 3.66. The Balaban J connectivity index is 2.32. The minimum atomic E-state index is 0.213. The van der Waals surface area contributed by atoms with Gasteiger partial charge in [-0.25, -0.2) is 0 Å². The van der Waals surface area contributed by atoms with Crippen LogP contribution in [0, 0.1) is 0 Å². The molecule has 0 aromatic heterocycles. The molecule has 1 aromatic rings. The summed E-state index contributed by atoms with van der Waals surface area (Å²) < 4.78 is 16.2. The van der Waals surface area contributed by atoms with Gasteiger partial charge in [0.25, 0.3) is 0 Å². The first-order valence-electron chi connectivity index (χ1n) is 7.22. The Labute approximate surface area is 121 Å². The van der Waals surface area contributed by atoms with Crippen LogP contribution in [0.4, 0.5) is 0 Å². The summed E-state index contributed by atoms with van der Waals surface area (Å²) in [5.74, 6) is 2.11. The van der Waals surface area contributed by atoms with Crippen molar-refractivity contribution >= 4 is 0 Å². The fourth-order valence-electron chi connectivity index (χ4n) is 3.07. The second-order valence-corrected chi connectivity index (χ2v) is 5.37. The van der Waals surface area contributed by atoms with Crippen LogP contribution in [0.25, 0.3) is 0 Å². The molecule has 1 heterocycles. The highest BCUT2D eigenvalue weighted by Gasteiger charge is 2.32. The van der Waals surface area contributed by atoms with Gasteiger partial charge in [0.15, 0.2) is 11.5 Å². The van der Waals surface area contributed by atoms with Gasteiger partial charge in [-0.15, -0.1) is 0 Å². The summed E-state index contributed by atoms with van der Waals surface area (Å²) in [4.78, 5) is 0. The van der Waals surface area contributed by atoms with E-state index >= 15 is 0 Å². The summed E-state index contributed by atoms with van der Waals surface area (Å²) in [5.41, 5.74) is 1.43. The van der Waals surface area contributed by atoms with Crippen molar-refractivity contribution < 1.29 is 14.2 Å². The molecular formula is C16H25NO3. The zero-order chi connectivity index (χ0) is 14.6. The highest BCUT2D eigenvalue weighted by Crippen LogP contribution is 2.39. The molecule has 0 amide bonds. The lowest BCUT2D eigenvalue weighted by atomic mass is 9.86. The third kappa shape index (κ3) is 2.85. The Kier molecular flexibility index (Phi) is 4.76. The zero-order valence-electron chi connectivity index (χ0n) is 12.9. The minimum Gasteiger partial charge on any atom is -0.493 e. The lowest BCUT2D eigenvalue weighted by Gasteiger charge is -2.29. The van der Waals surface area contributed by atoms with Gasteiger partial charge in [0.1, 0.15) is 0 Å². The average molecular weight is 279 g/mol. The maximum absolute atomic E-state index is 5.43. The lowest BCUT2D eigenvalue weighted by Crippen LogP contribution is -2.41. The van der Waals surface area contributed by atoms with E-state index in [2.05, 4.69) is 24.4 Å². The second kappa shape index (κ2) is 6.35. The molecule has 1 saturated heterocycles. The first-order valence-corrected chi connectivity index (χ1v) is 7.22. The van der Waals surface area contributed by atoms with Gasteiger partial charge < -0.3 is 19.5 Å². The first kappa shape index (κ1) is 15.0. The summed E-state index contributed by atoms with van der Waals surface area (Å²) in [6.07, 6.45) is 4.59. The first-order chi connectivity index (χ1) is 9.68. The summed E-state index contributed by atoms with van der Waals surface area (Å²) in [6.45, 7) is 3.36. The Hall–Kier alpha value is -1.42. The average Bonchev–Trinajstić information content (AvgIpc) is 2.95. The topological polar surface area (TPSA) is 39.7 Å². The van der Waals surface area contributed by atoms with E-state index in [1.54, 1.807) is 21.3 Å². The van der Waals surface area contributed by atoms with E-state index < -0.39 is 0 Å².